The van der Waals surface area contributed by atoms with Crippen molar-refractivity contribution in [1.82, 2.24) is 19.5 Å². The van der Waals surface area contributed by atoms with Crippen LogP contribution in [0.25, 0.3) is 127 Å². The van der Waals surface area contributed by atoms with Gasteiger partial charge in [0.15, 0.2) is 11.6 Å². The average Bonchev–Trinajstić information content (AvgIpc) is 3.99. The fraction of sp³-hybridized carbons (Fsp3) is 0.0500. The number of aromatic nitrogens is 4. The molecule has 0 saturated carbocycles. The fourth-order valence-corrected chi connectivity index (χ4v) is 10.9. The largest absolute Gasteiger partial charge is 0.456 e. The van der Waals surface area contributed by atoms with Gasteiger partial charge in [-0.15, -0.1) is 0 Å². The van der Waals surface area contributed by atoms with E-state index in [2.05, 4.69) is 200 Å². The standard InChI is InChI=1S/C60H38N4O/c1-60(2)50-24-11-9-18-43(50)44-30-28-37(33-51(44)60)40-22-13-23-49-54-47-20-7-5-16-41(47)42-17-6-8-21-48(42)56(54)64(55(40)49)59-62-57(38-27-26-35-14-3-4-15-36(35)32-38)61-58(63-59)39-29-31-46-45-19-10-12-25-52(45)65-53(46)34-39/h3-34H,1-2H3. The average molecular weight is 831 g/mol. The predicted octanol–water partition coefficient (Wildman–Crippen LogP) is 15.6. The molecular formula is C60H38N4O. The molecule has 5 heteroatoms. The van der Waals surface area contributed by atoms with Gasteiger partial charge in [0, 0.05) is 49.0 Å². The lowest BCUT2D eigenvalue weighted by molar-refractivity contribution is 0.660. The molecule has 0 spiro atoms. The van der Waals surface area contributed by atoms with Crippen LogP contribution < -0.4 is 0 Å². The SMILES string of the molecule is CC1(C)c2ccccc2-c2ccc(-c3cccc4c5c6ccccc6c6ccccc6c5n(-c5nc(-c6ccc7ccccc7c6)nc(-c6ccc7c(c6)oc6ccccc67)n5)c34)cc21. The summed E-state index contributed by atoms with van der Waals surface area (Å²) in [6, 6.07) is 69.6. The zero-order valence-corrected chi connectivity index (χ0v) is 35.7. The molecular weight excluding hydrogens is 793 g/mol. The van der Waals surface area contributed by atoms with Crippen LogP contribution in [0.1, 0.15) is 25.0 Å². The summed E-state index contributed by atoms with van der Waals surface area (Å²) in [5.74, 6) is 1.70. The van der Waals surface area contributed by atoms with Crippen molar-refractivity contribution in [3.8, 4) is 51.0 Å². The summed E-state index contributed by atoms with van der Waals surface area (Å²) in [5.41, 5.74) is 12.9. The maximum absolute atomic E-state index is 6.44. The number of nitrogens with zero attached hydrogens (tertiary/aromatic N) is 4. The molecule has 5 nitrogen and oxygen atoms in total. The smallest absolute Gasteiger partial charge is 0.238 e. The first-order valence-electron chi connectivity index (χ1n) is 22.3. The molecule has 0 fully saturated rings. The summed E-state index contributed by atoms with van der Waals surface area (Å²) in [5, 5.41) is 11.4. The van der Waals surface area contributed by atoms with E-state index in [0.29, 0.717) is 17.6 Å². The van der Waals surface area contributed by atoms with E-state index < -0.39 is 0 Å². The first kappa shape index (κ1) is 36.1. The Balaban J connectivity index is 1.11. The van der Waals surface area contributed by atoms with Crippen LogP contribution >= 0.6 is 0 Å². The van der Waals surface area contributed by atoms with Crippen LogP contribution in [0.3, 0.4) is 0 Å². The summed E-state index contributed by atoms with van der Waals surface area (Å²) in [7, 11) is 0. The Hall–Kier alpha value is -8.41. The van der Waals surface area contributed by atoms with Crippen LogP contribution in [0.2, 0.25) is 0 Å². The second-order valence-corrected chi connectivity index (χ2v) is 17.9. The van der Waals surface area contributed by atoms with E-state index >= 15 is 0 Å². The Bertz CT molecular complexity index is 4170. The van der Waals surface area contributed by atoms with Crippen molar-refractivity contribution in [1.29, 1.82) is 0 Å². The monoisotopic (exact) mass is 830 g/mol. The molecule has 0 saturated heterocycles. The molecule has 1 aliphatic carbocycles. The number of hydrogen-bond acceptors (Lipinski definition) is 4. The summed E-state index contributed by atoms with van der Waals surface area (Å²) < 4.78 is 8.77. The van der Waals surface area contributed by atoms with Crippen LogP contribution in [0.15, 0.2) is 199 Å². The van der Waals surface area contributed by atoms with Gasteiger partial charge in [-0.2, -0.15) is 9.97 Å². The van der Waals surface area contributed by atoms with Crippen molar-refractivity contribution >= 4 is 76.1 Å². The number of para-hydroxylation sites is 2. The van der Waals surface area contributed by atoms with Crippen molar-refractivity contribution in [3.05, 3.63) is 205 Å². The maximum Gasteiger partial charge on any atom is 0.238 e. The third-order valence-electron chi connectivity index (χ3n) is 14.0. The Morgan fingerprint density at radius 2 is 0.985 bits per heavy atom. The Morgan fingerprint density at radius 3 is 1.83 bits per heavy atom. The molecule has 0 atom stereocenters. The summed E-state index contributed by atoms with van der Waals surface area (Å²) in [6.45, 7) is 4.70. The van der Waals surface area contributed by atoms with E-state index in [0.717, 1.165) is 76.8 Å². The minimum atomic E-state index is -0.159. The Labute approximate surface area is 373 Å². The first-order valence-corrected chi connectivity index (χ1v) is 22.3. The molecule has 13 aromatic rings. The fourth-order valence-electron chi connectivity index (χ4n) is 10.9. The van der Waals surface area contributed by atoms with Crippen LogP contribution in [-0.4, -0.2) is 19.5 Å². The van der Waals surface area contributed by atoms with Crippen molar-refractivity contribution in [3.63, 3.8) is 0 Å². The van der Waals surface area contributed by atoms with Gasteiger partial charge < -0.3 is 4.42 Å². The maximum atomic E-state index is 6.44. The van der Waals surface area contributed by atoms with E-state index in [4.69, 9.17) is 19.4 Å². The third-order valence-corrected chi connectivity index (χ3v) is 14.0. The Morgan fingerprint density at radius 1 is 0.385 bits per heavy atom. The zero-order chi connectivity index (χ0) is 43.0. The van der Waals surface area contributed by atoms with Gasteiger partial charge in [0.25, 0.3) is 0 Å². The van der Waals surface area contributed by atoms with Crippen molar-refractivity contribution in [2.24, 2.45) is 0 Å². The molecule has 65 heavy (non-hydrogen) atoms. The number of hydrogen-bond donors (Lipinski definition) is 0. The van der Waals surface area contributed by atoms with Crippen molar-refractivity contribution in [2.75, 3.05) is 0 Å². The molecule has 304 valence electrons. The summed E-state index contributed by atoms with van der Waals surface area (Å²) >= 11 is 0. The number of furan rings is 1. The third kappa shape index (κ3) is 5.18. The van der Waals surface area contributed by atoms with Gasteiger partial charge in [0.1, 0.15) is 11.2 Å². The molecule has 14 rings (SSSR count). The second-order valence-electron chi connectivity index (χ2n) is 17.9. The molecule has 3 aromatic heterocycles. The van der Waals surface area contributed by atoms with E-state index in [-0.39, 0.29) is 5.41 Å². The van der Waals surface area contributed by atoms with E-state index in [1.54, 1.807) is 0 Å². The highest BCUT2D eigenvalue weighted by Crippen LogP contribution is 2.51. The van der Waals surface area contributed by atoms with E-state index in [1.165, 1.54) is 43.8 Å². The molecule has 0 amide bonds. The minimum Gasteiger partial charge on any atom is -0.456 e. The lowest BCUT2D eigenvalue weighted by atomic mass is 9.81. The lowest BCUT2D eigenvalue weighted by Gasteiger charge is -2.22. The van der Waals surface area contributed by atoms with Gasteiger partial charge in [-0.25, -0.2) is 4.98 Å². The molecule has 10 aromatic carbocycles. The molecule has 0 unspecified atom stereocenters. The summed E-state index contributed by atoms with van der Waals surface area (Å²) in [4.78, 5) is 16.3. The van der Waals surface area contributed by atoms with Gasteiger partial charge in [-0.3, -0.25) is 4.57 Å². The topological polar surface area (TPSA) is 56.7 Å². The molecule has 0 bridgehead atoms. The molecule has 0 radical (unpaired) electrons. The van der Waals surface area contributed by atoms with Crippen LogP contribution in [0, 0.1) is 0 Å². The van der Waals surface area contributed by atoms with E-state index in [9.17, 15) is 0 Å². The van der Waals surface area contributed by atoms with Gasteiger partial charge in [-0.1, -0.05) is 178 Å². The van der Waals surface area contributed by atoms with Crippen molar-refractivity contribution < 1.29 is 4.42 Å². The predicted molar refractivity (Wildman–Crippen MR) is 268 cm³/mol. The minimum absolute atomic E-state index is 0.159. The molecule has 1 aliphatic rings. The first-order chi connectivity index (χ1) is 32.0. The zero-order valence-electron chi connectivity index (χ0n) is 35.7. The highest BCUT2D eigenvalue weighted by atomic mass is 16.3. The van der Waals surface area contributed by atoms with Crippen LogP contribution in [0.5, 0.6) is 0 Å². The van der Waals surface area contributed by atoms with Gasteiger partial charge in [-0.05, 0) is 85.1 Å². The lowest BCUT2D eigenvalue weighted by Crippen LogP contribution is -2.14. The van der Waals surface area contributed by atoms with Crippen LogP contribution in [0.4, 0.5) is 0 Å². The second kappa shape index (κ2) is 13.3. The number of rotatable bonds is 4. The molecule has 0 N–H and O–H groups in total. The van der Waals surface area contributed by atoms with Gasteiger partial charge in [0.05, 0.1) is 11.0 Å². The quantitative estimate of drug-likeness (QED) is 0.166. The Kier molecular flexibility index (Phi) is 7.39. The number of fused-ring (bicyclic) bond motifs is 15. The molecule has 3 heterocycles. The normalized spacial score (nSPS) is 13.2. The van der Waals surface area contributed by atoms with E-state index in [1.807, 2.05) is 12.1 Å². The van der Waals surface area contributed by atoms with Crippen molar-refractivity contribution in [2.45, 2.75) is 19.3 Å². The summed E-state index contributed by atoms with van der Waals surface area (Å²) in [6.07, 6.45) is 0. The molecule has 0 aliphatic heterocycles. The van der Waals surface area contributed by atoms with Gasteiger partial charge in [0.2, 0.25) is 5.95 Å². The highest BCUT2D eigenvalue weighted by Gasteiger charge is 2.35. The van der Waals surface area contributed by atoms with Crippen LogP contribution in [-0.2, 0) is 5.41 Å². The van der Waals surface area contributed by atoms with Gasteiger partial charge >= 0.3 is 0 Å². The number of benzene rings is 10. The highest BCUT2D eigenvalue weighted by molar-refractivity contribution is 6.33.